The van der Waals surface area contributed by atoms with Crippen molar-refractivity contribution in [2.45, 2.75) is 18.6 Å². The van der Waals surface area contributed by atoms with Gasteiger partial charge in [-0.05, 0) is 13.2 Å². The Morgan fingerprint density at radius 3 is 2.72 bits per heavy atom. The first kappa shape index (κ1) is 14.2. The number of carbonyl (C=O) groups is 2. The van der Waals surface area contributed by atoms with Gasteiger partial charge in [0.15, 0.2) is 5.16 Å². The lowest BCUT2D eigenvalue weighted by Crippen LogP contribution is -2.33. The fourth-order valence-electron chi connectivity index (χ4n) is 1.28. The monoisotopic (exact) mass is 271 g/mol. The highest BCUT2D eigenvalue weighted by Crippen LogP contribution is 2.09. The van der Waals surface area contributed by atoms with Gasteiger partial charge in [0.2, 0.25) is 5.91 Å². The number of carbonyl (C=O) groups excluding carboxylic acids is 2. The molecule has 0 spiro atoms. The number of hydrogen-bond acceptors (Lipinski definition) is 6. The molecule has 1 amide bonds. The van der Waals surface area contributed by atoms with Gasteiger partial charge in [0.25, 0.3) is 5.56 Å². The van der Waals surface area contributed by atoms with Gasteiger partial charge >= 0.3 is 5.97 Å². The van der Waals surface area contributed by atoms with E-state index < -0.39 is 17.4 Å². The summed E-state index contributed by atoms with van der Waals surface area (Å²) in [6.07, 6.45) is 2.84. The second-order valence-electron chi connectivity index (χ2n) is 3.24. The summed E-state index contributed by atoms with van der Waals surface area (Å²) in [5.74, 6) is -1.45. The Labute approximate surface area is 107 Å². The van der Waals surface area contributed by atoms with Crippen LogP contribution in [0.25, 0.3) is 0 Å². The molecule has 2 N–H and O–H groups in total. The van der Waals surface area contributed by atoms with Crippen LogP contribution in [0.5, 0.6) is 0 Å². The number of aromatic nitrogens is 2. The van der Waals surface area contributed by atoms with Crippen LogP contribution in [-0.2, 0) is 16.1 Å². The molecule has 0 fully saturated rings. The van der Waals surface area contributed by atoms with Crippen molar-refractivity contribution in [3.8, 4) is 0 Å². The van der Waals surface area contributed by atoms with Crippen molar-refractivity contribution in [2.24, 2.45) is 5.73 Å². The van der Waals surface area contributed by atoms with Crippen LogP contribution in [-0.4, -0.2) is 34.3 Å². The summed E-state index contributed by atoms with van der Waals surface area (Å²) in [7, 11) is 0. The van der Waals surface area contributed by atoms with Crippen molar-refractivity contribution in [3.05, 3.63) is 22.1 Å². The van der Waals surface area contributed by atoms with Gasteiger partial charge in [-0.15, -0.1) is 0 Å². The molecule has 1 aromatic rings. The maximum atomic E-state index is 12.0. The van der Waals surface area contributed by atoms with Gasteiger partial charge < -0.3 is 10.5 Å². The third kappa shape index (κ3) is 3.10. The van der Waals surface area contributed by atoms with Crippen molar-refractivity contribution in [2.75, 3.05) is 12.9 Å². The van der Waals surface area contributed by atoms with E-state index >= 15 is 0 Å². The van der Waals surface area contributed by atoms with Gasteiger partial charge in [-0.2, -0.15) is 0 Å². The number of nitrogens with zero attached hydrogens (tertiary/aromatic N) is 2. The number of rotatable bonds is 5. The number of thioether (sulfide) groups is 1. The summed E-state index contributed by atoms with van der Waals surface area (Å²) in [5.41, 5.74) is 4.21. The predicted molar refractivity (Wildman–Crippen MR) is 65.4 cm³/mol. The van der Waals surface area contributed by atoms with E-state index in [4.69, 9.17) is 10.5 Å². The number of nitrogens with two attached hydrogens (primary N) is 1. The zero-order chi connectivity index (χ0) is 13.7. The summed E-state index contributed by atoms with van der Waals surface area (Å²) in [4.78, 5) is 38.3. The van der Waals surface area contributed by atoms with E-state index in [9.17, 15) is 14.4 Å². The molecule has 0 aliphatic rings. The Morgan fingerprint density at radius 2 is 2.22 bits per heavy atom. The van der Waals surface area contributed by atoms with Crippen molar-refractivity contribution in [1.82, 2.24) is 9.55 Å². The maximum absolute atomic E-state index is 12.0. The molecule has 0 aliphatic carbocycles. The van der Waals surface area contributed by atoms with E-state index in [1.807, 2.05) is 0 Å². The van der Waals surface area contributed by atoms with E-state index in [2.05, 4.69) is 4.98 Å². The molecule has 1 rings (SSSR count). The first-order valence-corrected chi connectivity index (χ1v) is 6.33. The average Bonchev–Trinajstić information content (AvgIpc) is 2.31. The van der Waals surface area contributed by atoms with Crippen molar-refractivity contribution < 1.29 is 14.3 Å². The van der Waals surface area contributed by atoms with E-state index in [-0.39, 0.29) is 18.7 Å². The maximum Gasteiger partial charge on any atom is 0.345 e. The molecule has 1 heterocycles. The Kier molecular flexibility index (Phi) is 4.90. The molecule has 0 bridgehead atoms. The van der Waals surface area contributed by atoms with Crippen LogP contribution in [0.15, 0.2) is 16.1 Å². The molecule has 7 nitrogen and oxygen atoms in total. The molecule has 0 atom stereocenters. The largest absolute Gasteiger partial charge is 0.462 e. The number of hydrogen-bond donors (Lipinski definition) is 1. The highest BCUT2D eigenvalue weighted by Gasteiger charge is 2.17. The summed E-state index contributed by atoms with van der Waals surface area (Å²) in [5, 5.41) is 0.312. The SMILES string of the molecule is CCOC(=O)c1cnc(SC)n(CC(N)=O)c1=O. The third-order valence-corrected chi connectivity index (χ3v) is 2.69. The molecule has 0 saturated heterocycles. The fraction of sp³-hybridized carbons (Fsp3) is 0.400. The molecule has 0 unspecified atom stereocenters. The second-order valence-corrected chi connectivity index (χ2v) is 4.01. The zero-order valence-corrected chi connectivity index (χ0v) is 10.8. The molecule has 98 valence electrons. The summed E-state index contributed by atoms with van der Waals surface area (Å²) >= 11 is 1.18. The Balaban J connectivity index is 3.29. The quantitative estimate of drug-likeness (QED) is 0.445. The Morgan fingerprint density at radius 1 is 1.56 bits per heavy atom. The first-order chi connectivity index (χ1) is 8.51. The van der Waals surface area contributed by atoms with Crippen LogP contribution in [0.4, 0.5) is 0 Å². The number of primary amides is 1. The lowest BCUT2D eigenvalue weighted by molar-refractivity contribution is -0.118. The number of ether oxygens (including phenoxy) is 1. The van der Waals surface area contributed by atoms with Gasteiger partial charge in [-0.1, -0.05) is 11.8 Å². The van der Waals surface area contributed by atoms with Crippen LogP contribution >= 0.6 is 11.8 Å². The zero-order valence-electron chi connectivity index (χ0n) is 10.0. The Hall–Kier alpha value is -1.83. The highest BCUT2D eigenvalue weighted by atomic mass is 32.2. The first-order valence-electron chi connectivity index (χ1n) is 5.10. The minimum absolute atomic E-state index is 0.151. The normalized spacial score (nSPS) is 10.1. The summed E-state index contributed by atoms with van der Waals surface area (Å²) in [6, 6.07) is 0. The van der Waals surface area contributed by atoms with Gasteiger partial charge in [0.05, 0.1) is 12.8 Å². The lowest BCUT2D eigenvalue weighted by Gasteiger charge is -2.09. The lowest BCUT2D eigenvalue weighted by atomic mass is 10.3. The number of esters is 1. The van der Waals surface area contributed by atoms with E-state index in [1.165, 1.54) is 11.8 Å². The van der Waals surface area contributed by atoms with Gasteiger partial charge in [-0.3, -0.25) is 14.2 Å². The molecular formula is C10H13N3O4S. The highest BCUT2D eigenvalue weighted by molar-refractivity contribution is 7.98. The molecule has 18 heavy (non-hydrogen) atoms. The third-order valence-electron chi connectivity index (χ3n) is 2.00. The van der Waals surface area contributed by atoms with Crippen LogP contribution < -0.4 is 11.3 Å². The van der Waals surface area contributed by atoms with E-state index in [1.54, 1.807) is 13.2 Å². The van der Waals surface area contributed by atoms with Crippen LogP contribution in [0.3, 0.4) is 0 Å². The van der Waals surface area contributed by atoms with Crippen LogP contribution in [0, 0.1) is 0 Å². The fourth-order valence-corrected chi connectivity index (χ4v) is 1.81. The molecular weight excluding hydrogens is 258 g/mol. The molecule has 0 aromatic carbocycles. The van der Waals surface area contributed by atoms with E-state index in [0.29, 0.717) is 5.16 Å². The molecule has 8 heteroatoms. The molecule has 1 aromatic heterocycles. The molecule has 0 radical (unpaired) electrons. The van der Waals surface area contributed by atoms with E-state index in [0.717, 1.165) is 10.8 Å². The minimum atomic E-state index is -0.763. The second kappa shape index (κ2) is 6.20. The topological polar surface area (TPSA) is 104 Å². The molecule has 0 saturated carbocycles. The summed E-state index contributed by atoms with van der Waals surface area (Å²) < 4.78 is 5.78. The van der Waals surface area contributed by atoms with Crippen molar-refractivity contribution in [1.29, 1.82) is 0 Å². The van der Waals surface area contributed by atoms with Gasteiger partial charge in [0, 0.05) is 0 Å². The minimum Gasteiger partial charge on any atom is -0.462 e. The molecule has 0 aliphatic heterocycles. The predicted octanol–water partition coefficient (Wildman–Crippen LogP) is -0.373. The van der Waals surface area contributed by atoms with Gasteiger partial charge in [-0.25, -0.2) is 9.78 Å². The number of amides is 1. The van der Waals surface area contributed by atoms with Crippen LogP contribution in [0.2, 0.25) is 0 Å². The van der Waals surface area contributed by atoms with Gasteiger partial charge in [0.1, 0.15) is 12.1 Å². The smallest absolute Gasteiger partial charge is 0.345 e. The average molecular weight is 271 g/mol. The van der Waals surface area contributed by atoms with Crippen molar-refractivity contribution in [3.63, 3.8) is 0 Å². The standard InChI is InChI=1S/C10H13N3O4S/c1-3-17-9(16)6-4-12-10(18-2)13(8(6)15)5-7(11)14/h4H,3,5H2,1-2H3,(H2,11,14). The van der Waals surface area contributed by atoms with Crippen LogP contribution in [0.1, 0.15) is 17.3 Å². The van der Waals surface area contributed by atoms with Crippen molar-refractivity contribution >= 4 is 23.6 Å². The Bertz CT molecular complexity index is 526. The summed E-state index contributed by atoms with van der Waals surface area (Å²) in [6.45, 7) is 1.46.